The third-order valence-electron chi connectivity index (χ3n) is 6.16. The van der Waals surface area contributed by atoms with Crippen molar-refractivity contribution in [3.8, 4) is 5.75 Å². The van der Waals surface area contributed by atoms with Crippen LogP contribution in [0.1, 0.15) is 25.0 Å². The molecular weight excluding hydrogens is 340 g/mol. The van der Waals surface area contributed by atoms with Crippen molar-refractivity contribution in [2.24, 2.45) is 0 Å². The van der Waals surface area contributed by atoms with Gasteiger partial charge in [0.2, 0.25) is 5.91 Å². The average molecular weight is 368 g/mol. The zero-order chi connectivity index (χ0) is 18.9. The molecule has 144 valence electrons. The first-order chi connectivity index (χ1) is 13.1. The number of piperazine rings is 1. The van der Waals surface area contributed by atoms with Crippen molar-refractivity contribution in [3.63, 3.8) is 0 Å². The predicted molar refractivity (Wildman–Crippen MR) is 106 cm³/mol. The number of amides is 1. The Balaban J connectivity index is 1.54. The molecule has 1 N–H and O–H groups in total. The summed E-state index contributed by atoms with van der Waals surface area (Å²) in [5, 5.41) is 4.12. The Morgan fingerprint density at radius 3 is 2.96 bits per heavy atom. The molecule has 27 heavy (non-hydrogen) atoms. The number of likely N-dealkylation sites (N-methyl/N-ethyl adjacent to an activating group) is 1. The quantitative estimate of drug-likeness (QED) is 0.898. The lowest BCUT2D eigenvalue weighted by atomic mass is 9.86. The molecule has 0 radical (unpaired) electrons. The van der Waals surface area contributed by atoms with Crippen LogP contribution < -0.4 is 10.1 Å². The molecule has 1 atom stereocenters. The standard InChI is InChI=1S/C21H28N4O2/c1-24-12-13-25(15-21(24)9-8-19(26)22-11-10-21)14-17-7-6-16-4-3-5-18(27-2)20(16)23-17/h3-7H,8-15H2,1-2H3,(H,22,26). The fraction of sp³-hybridized carbons (Fsp3) is 0.524. The van der Waals surface area contributed by atoms with E-state index in [0.29, 0.717) is 6.42 Å². The number of nitrogens with zero attached hydrogens (tertiary/aromatic N) is 3. The highest BCUT2D eigenvalue weighted by Gasteiger charge is 2.40. The van der Waals surface area contributed by atoms with Gasteiger partial charge in [-0.2, -0.15) is 0 Å². The number of ether oxygens (including phenoxy) is 1. The smallest absolute Gasteiger partial charge is 0.220 e. The molecular formula is C21H28N4O2. The molecule has 1 spiro atoms. The summed E-state index contributed by atoms with van der Waals surface area (Å²) in [4.78, 5) is 21.6. The van der Waals surface area contributed by atoms with Gasteiger partial charge in [-0.15, -0.1) is 0 Å². The number of carbonyl (C=O) groups excluding carboxylic acids is 1. The number of hydrogen-bond donors (Lipinski definition) is 1. The number of pyridine rings is 1. The van der Waals surface area contributed by atoms with E-state index < -0.39 is 0 Å². The average Bonchev–Trinajstić information content (AvgIpc) is 2.86. The van der Waals surface area contributed by atoms with Crippen LogP contribution in [0.5, 0.6) is 5.75 Å². The van der Waals surface area contributed by atoms with Crippen LogP contribution >= 0.6 is 0 Å². The normalized spacial score (nSPS) is 24.7. The second kappa shape index (κ2) is 7.44. The SMILES string of the molecule is COc1cccc2ccc(CN3CCN(C)C4(CCNC(=O)CC4)C3)nc12. The highest BCUT2D eigenvalue weighted by Crippen LogP contribution is 2.31. The molecule has 2 aliphatic heterocycles. The van der Waals surface area contributed by atoms with Crippen LogP contribution in [0.15, 0.2) is 30.3 Å². The molecule has 0 bridgehead atoms. The van der Waals surface area contributed by atoms with Gasteiger partial charge in [-0.25, -0.2) is 4.98 Å². The predicted octanol–water partition coefficient (Wildman–Crippen LogP) is 2.03. The van der Waals surface area contributed by atoms with Crippen molar-refractivity contribution in [2.45, 2.75) is 31.3 Å². The maximum atomic E-state index is 11.8. The van der Waals surface area contributed by atoms with Gasteiger partial charge in [0.05, 0.1) is 12.8 Å². The van der Waals surface area contributed by atoms with Crippen molar-refractivity contribution in [3.05, 3.63) is 36.0 Å². The van der Waals surface area contributed by atoms with Gasteiger partial charge in [0.15, 0.2) is 0 Å². The molecule has 2 aromatic rings. The maximum absolute atomic E-state index is 11.8. The third kappa shape index (κ3) is 3.64. The second-order valence-corrected chi connectivity index (χ2v) is 7.79. The van der Waals surface area contributed by atoms with Gasteiger partial charge in [-0.05, 0) is 32.0 Å². The Hall–Kier alpha value is -2.18. The lowest BCUT2D eigenvalue weighted by molar-refractivity contribution is -0.121. The van der Waals surface area contributed by atoms with Crippen molar-refractivity contribution >= 4 is 16.8 Å². The van der Waals surface area contributed by atoms with E-state index in [9.17, 15) is 4.79 Å². The topological polar surface area (TPSA) is 57.7 Å². The molecule has 1 aromatic heterocycles. The van der Waals surface area contributed by atoms with Gasteiger partial charge in [-0.3, -0.25) is 14.6 Å². The van der Waals surface area contributed by atoms with E-state index in [-0.39, 0.29) is 11.4 Å². The van der Waals surface area contributed by atoms with E-state index >= 15 is 0 Å². The molecule has 0 aliphatic carbocycles. The van der Waals surface area contributed by atoms with Gasteiger partial charge in [-0.1, -0.05) is 18.2 Å². The van der Waals surface area contributed by atoms with Crippen molar-refractivity contribution in [1.82, 2.24) is 20.1 Å². The van der Waals surface area contributed by atoms with Gasteiger partial charge in [0, 0.05) is 50.1 Å². The first kappa shape index (κ1) is 18.2. The number of aromatic nitrogens is 1. The molecule has 3 heterocycles. The van der Waals surface area contributed by atoms with Crippen LogP contribution in [0.4, 0.5) is 0 Å². The second-order valence-electron chi connectivity index (χ2n) is 7.79. The Morgan fingerprint density at radius 2 is 2.11 bits per heavy atom. The van der Waals surface area contributed by atoms with E-state index in [1.807, 2.05) is 12.1 Å². The van der Waals surface area contributed by atoms with Crippen LogP contribution in [0.2, 0.25) is 0 Å². The summed E-state index contributed by atoms with van der Waals surface area (Å²) in [6.07, 6.45) is 2.54. The van der Waals surface area contributed by atoms with Gasteiger partial charge >= 0.3 is 0 Å². The molecule has 1 aromatic carbocycles. The van der Waals surface area contributed by atoms with Crippen molar-refractivity contribution in [2.75, 3.05) is 40.3 Å². The number of rotatable bonds is 3. The lowest BCUT2D eigenvalue weighted by Crippen LogP contribution is -2.60. The molecule has 6 heteroatoms. The van der Waals surface area contributed by atoms with E-state index in [4.69, 9.17) is 9.72 Å². The van der Waals surface area contributed by atoms with Crippen LogP contribution in [-0.4, -0.2) is 66.6 Å². The Morgan fingerprint density at radius 1 is 1.22 bits per heavy atom. The molecule has 0 saturated carbocycles. The van der Waals surface area contributed by atoms with Crippen LogP contribution in [-0.2, 0) is 11.3 Å². The summed E-state index contributed by atoms with van der Waals surface area (Å²) in [6.45, 7) is 4.61. The largest absolute Gasteiger partial charge is 0.494 e. The minimum atomic E-state index is 0.0753. The summed E-state index contributed by atoms with van der Waals surface area (Å²) in [5.74, 6) is 0.998. The van der Waals surface area contributed by atoms with Crippen molar-refractivity contribution in [1.29, 1.82) is 0 Å². The zero-order valence-corrected chi connectivity index (χ0v) is 16.2. The fourth-order valence-electron chi connectivity index (χ4n) is 4.46. The molecule has 4 rings (SSSR count). The molecule has 1 unspecified atom stereocenters. The zero-order valence-electron chi connectivity index (χ0n) is 16.2. The number of fused-ring (bicyclic) bond motifs is 1. The van der Waals surface area contributed by atoms with E-state index in [1.54, 1.807) is 7.11 Å². The number of methoxy groups -OCH3 is 1. The summed E-state index contributed by atoms with van der Waals surface area (Å²) >= 11 is 0. The Labute approximate surface area is 160 Å². The third-order valence-corrected chi connectivity index (χ3v) is 6.16. The van der Waals surface area contributed by atoms with E-state index in [2.05, 4.69) is 40.4 Å². The summed E-state index contributed by atoms with van der Waals surface area (Å²) < 4.78 is 5.48. The van der Waals surface area contributed by atoms with E-state index in [1.165, 1.54) is 0 Å². The molecule has 2 saturated heterocycles. The Kier molecular flexibility index (Phi) is 5.02. The number of carbonyl (C=O) groups is 1. The van der Waals surface area contributed by atoms with E-state index in [0.717, 1.165) is 67.9 Å². The Bertz CT molecular complexity index is 840. The van der Waals surface area contributed by atoms with Gasteiger partial charge < -0.3 is 10.1 Å². The van der Waals surface area contributed by atoms with Crippen molar-refractivity contribution < 1.29 is 9.53 Å². The minimum absolute atomic E-state index is 0.0753. The summed E-state index contributed by atoms with van der Waals surface area (Å²) in [6, 6.07) is 10.3. The number of nitrogens with one attached hydrogen (secondary N) is 1. The monoisotopic (exact) mass is 368 g/mol. The molecule has 1 amide bonds. The summed E-state index contributed by atoms with van der Waals surface area (Å²) in [5.41, 5.74) is 2.06. The van der Waals surface area contributed by atoms with Crippen LogP contribution in [0.3, 0.4) is 0 Å². The lowest BCUT2D eigenvalue weighted by Gasteiger charge is -2.49. The van der Waals surface area contributed by atoms with Gasteiger partial charge in [0.1, 0.15) is 11.3 Å². The first-order valence-electron chi connectivity index (χ1n) is 9.73. The highest BCUT2D eigenvalue weighted by atomic mass is 16.5. The number of para-hydroxylation sites is 1. The number of benzene rings is 1. The fourth-order valence-corrected chi connectivity index (χ4v) is 4.46. The first-order valence-corrected chi connectivity index (χ1v) is 9.73. The molecule has 6 nitrogen and oxygen atoms in total. The molecule has 2 aliphatic rings. The highest BCUT2D eigenvalue weighted by molar-refractivity contribution is 5.84. The van der Waals surface area contributed by atoms with Gasteiger partial charge in [0.25, 0.3) is 0 Å². The minimum Gasteiger partial charge on any atom is -0.494 e. The van der Waals surface area contributed by atoms with Crippen LogP contribution in [0.25, 0.3) is 10.9 Å². The molecule has 2 fully saturated rings. The number of hydrogen-bond acceptors (Lipinski definition) is 5. The van der Waals surface area contributed by atoms with Crippen LogP contribution in [0, 0.1) is 0 Å². The maximum Gasteiger partial charge on any atom is 0.220 e. The summed E-state index contributed by atoms with van der Waals surface area (Å²) in [7, 11) is 3.89.